The van der Waals surface area contributed by atoms with E-state index in [0.717, 1.165) is 0 Å². The van der Waals surface area contributed by atoms with Crippen LogP contribution in [0.25, 0.3) is 10.9 Å². The Labute approximate surface area is 205 Å². The van der Waals surface area contributed by atoms with E-state index >= 15 is 0 Å². The van der Waals surface area contributed by atoms with Crippen LogP contribution in [0.3, 0.4) is 0 Å². The van der Waals surface area contributed by atoms with Gasteiger partial charge in [0.15, 0.2) is 5.78 Å². The van der Waals surface area contributed by atoms with Gasteiger partial charge >= 0.3 is 0 Å². The first-order valence-corrected chi connectivity index (χ1v) is 11.4. The second-order valence-electron chi connectivity index (χ2n) is 8.85. The number of nitrogens with one attached hydrogen (secondary N) is 1. The van der Waals surface area contributed by atoms with Crippen molar-refractivity contribution in [3.63, 3.8) is 0 Å². The van der Waals surface area contributed by atoms with Crippen molar-refractivity contribution in [3.8, 4) is 0 Å². The van der Waals surface area contributed by atoms with Crippen molar-refractivity contribution in [3.05, 3.63) is 70.6 Å². The van der Waals surface area contributed by atoms with E-state index in [9.17, 15) is 28.3 Å². The minimum absolute atomic E-state index is 0.0799. The van der Waals surface area contributed by atoms with Gasteiger partial charge in [-0.25, -0.2) is 8.78 Å². The van der Waals surface area contributed by atoms with Crippen LogP contribution >= 0.6 is 11.6 Å². The van der Waals surface area contributed by atoms with Gasteiger partial charge in [0.25, 0.3) is 0 Å². The zero-order valence-corrected chi connectivity index (χ0v) is 19.7. The molecule has 184 valence electrons. The van der Waals surface area contributed by atoms with Crippen molar-refractivity contribution < 1.29 is 28.3 Å². The van der Waals surface area contributed by atoms with Gasteiger partial charge in [-0.3, -0.25) is 14.4 Å². The van der Waals surface area contributed by atoms with Crippen molar-refractivity contribution in [2.75, 3.05) is 13.2 Å². The largest absolute Gasteiger partial charge is 0.388 e. The van der Waals surface area contributed by atoms with E-state index in [1.165, 1.54) is 30.2 Å². The molecule has 2 amide bonds. The highest BCUT2D eigenvalue weighted by molar-refractivity contribution is 6.30. The highest BCUT2D eigenvalue weighted by Crippen LogP contribution is 2.31. The number of ketones is 1. The third-order valence-corrected chi connectivity index (χ3v) is 6.43. The van der Waals surface area contributed by atoms with E-state index in [1.807, 2.05) is 0 Å². The number of aliphatic hydroxyl groups excluding tert-OH is 1. The van der Waals surface area contributed by atoms with Crippen molar-refractivity contribution >= 4 is 40.1 Å². The lowest BCUT2D eigenvalue weighted by Gasteiger charge is -2.24. The van der Waals surface area contributed by atoms with E-state index < -0.39 is 41.7 Å². The molecule has 1 aliphatic heterocycles. The predicted molar refractivity (Wildman–Crippen MR) is 126 cm³/mol. The lowest BCUT2D eigenvalue weighted by Crippen LogP contribution is -2.46. The fourth-order valence-corrected chi connectivity index (χ4v) is 4.64. The molecule has 0 radical (unpaired) electrons. The Bertz CT molecular complexity index is 1310. The summed E-state index contributed by atoms with van der Waals surface area (Å²) in [5, 5.41) is 12.4. The first kappa shape index (κ1) is 24.8. The summed E-state index contributed by atoms with van der Waals surface area (Å²) in [5.74, 6) is -2.26. The molecule has 2 aromatic carbocycles. The summed E-state index contributed by atoms with van der Waals surface area (Å²) in [6, 6.07) is 10.2. The minimum Gasteiger partial charge on any atom is -0.388 e. The minimum atomic E-state index is -1.78. The molecule has 0 saturated carbocycles. The quantitative estimate of drug-likeness (QED) is 0.484. The second-order valence-corrected chi connectivity index (χ2v) is 9.26. The first-order chi connectivity index (χ1) is 16.6. The zero-order chi connectivity index (χ0) is 25.3. The number of rotatable bonds is 7. The van der Waals surface area contributed by atoms with Gasteiger partial charge in [-0.1, -0.05) is 41.9 Å². The molecule has 35 heavy (non-hydrogen) atoms. The highest BCUT2D eigenvalue weighted by atomic mass is 35.5. The normalized spacial score (nSPS) is 19.8. The summed E-state index contributed by atoms with van der Waals surface area (Å²) < 4.78 is 30.6. The van der Waals surface area contributed by atoms with E-state index in [-0.39, 0.29) is 42.2 Å². The first-order valence-electron chi connectivity index (χ1n) is 11.0. The van der Waals surface area contributed by atoms with E-state index in [0.29, 0.717) is 10.9 Å². The van der Waals surface area contributed by atoms with Crippen LogP contribution in [0, 0.1) is 5.82 Å². The molecule has 1 fully saturated rings. The Hall–Kier alpha value is -3.30. The van der Waals surface area contributed by atoms with E-state index in [2.05, 4.69) is 5.32 Å². The van der Waals surface area contributed by atoms with Crippen molar-refractivity contribution in [1.82, 2.24) is 14.8 Å². The number of fused-ring (bicyclic) bond motifs is 1. The number of nitrogens with zero attached hydrogens (tertiary/aromatic N) is 2. The Morgan fingerprint density at radius 3 is 2.69 bits per heavy atom. The monoisotopic (exact) mass is 503 g/mol. The average molecular weight is 504 g/mol. The van der Waals surface area contributed by atoms with Crippen LogP contribution in [0.1, 0.15) is 29.3 Å². The number of Topliss-reactive ketones (excluding diaryl/α,β-unsaturated/α-hetero) is 1. The highest BCUT2D eigenvalue weighted by Gasteiger charge is 2.46. The van der Waals surface area contributed by atoms with Crippen LogP contribution < -0.4 is 5.32 Å². The molecule has 0 spiro atoms. The van der Waals surface area contributed by atoms with Gasteiger partial charge in [0.05, 0.1) is 11.6 Å². The number of carbonyl (C=O) groups excluding carboxylic acids is 3. The second kappa shape index (κ2) is 9.75. The van der Waals surface area contributed by atoms with Crippen LogP contribution in [0.5, 0.6) is 0 Å². The number of benzene rings is 2. The van der Waals surface area contributed by atoms with Crippen molar-refractivity contribution in [2.24, 2.45) is 0 Å². The van der Waals surface area contributed by atoms with Gasteiger partial charge < -0.3 is 19.9 Å². The number of likely N-dealkylation sites (tertiary alicyclic amines) is 1. The Kier molecular flexibility index (Phi) is 6.91. The number of hydrogen-bond donors (Lipinski definition) is 2. The molecule has 1 aromatic heterocycles. The number of halogens is 3. The summed E-state index contributed by atoms with van der Waals surface area (Å²) in [7, 11) is 0. The third kappa shape index (κ3) is 5.06. The maximum atomic E-state index is 14.9. The smallest absolute Gasteiger partial charge is 0.243 e. The number of carbonyl (C=O) groups is 3. The molecule has 7 nitrogen and oxygen atoms in total. The number of para-hydroxylation sites is 1. The van der Waals surface area contributed by atoms with Crippen molar-refractivity contribution in [1.29, 1.82) is 0 Å². The van der Waals surface area contributed by atoms with E-state index in [1.54, 1.807) is 34.9 Å². The van der Waals surface area contributed by atoms with Crippen LogP contribution in [0.15, 0.2) is 48.7 Å². The maximum Gasteiger partial charge on any atom is 0.243 e. The van der Waals surface area contributed by atoms with Crippen LogP contribution in [-0.4, -0.2) is 57.0 Å². The number of hydrogen-bond acceptors (Lipinski definition) is 4. The van der Waals surface area contributed by atoms with Crippen molar-refractivity contribution in [2.45, 2.75) is 38.1 Å². The molecule has 1 aliphatic rings. The average Bonchev–Trinajstić information content (AvgIpc) is 3.36. The lowest BCUT2D eigenvalue weighted by atomic mass is 10.0. The summed E-state index contributed by atoms with van der Waals surface area (Å²) >= 11 is 5.78. The zero-order valence-electron chi connectivity index (χ0n) is 18.9. The Morgan fingerprint density at radius 1 is 1.20 bits per heavy atom. The van der Waals surface area contributed by atoms with Crippen LogP contribution in [0.2, 0.25) is 5.02 Å². The molecular weight excluding hydrogens is 480 g/mol. The van der Waals surface area contributed by atoms with E-state index in [4.69, 9.17) is 11.6 Å². The molecule has 0 unspecified atom stereocenters. The van der Waals surface area contributed by atoms with Gasteiger partial charge in [-0.15, -0.1) is 0 Å². The van der Waals surface area contributed by atoms with Crippen LogP contribution in [-0.2, 0) is 22.7 Å². The van der Waals surface area contributed by atoms with Crippen LogP contribution in [0.4, 0.5) is 8.78 Å². The SMILES string of the molecule is C[C@@]1(F)C[C@@H](C(=O)NCc2cccc(Cl)c2F)N(C(=O)Cn2cc(C(=O)CO)c3ccccc32)C1. The lowest BCUT2D eigenvalue weighted by molar-refractivity contribution is -0.139. The fraction of sp³-hybridized carbons (Fsp3) is 0.320. The molecule has 1 saturated heterocycles. The molecule has 2 heterocycles. The van der Waals surface area contributed by atoms with Gasteiger partial charge in [-0.2, -0.15) is 0 Å². The molecule has 10 heteroatoms. The molecule has 4 rings (SSSR count). The third-order valence-electron chi connectivity index (χ3n) is 6.14. The number of amides is 2. The summed E-state index contributed by atoms with van der Waals surface area (Å²) in [4.78, 5) is 39.5. The summed E-state index contributed by atoms with van der Waals surface area (Å²) in [6.07, 6.45) is 1.27. The predicted octanol–water partition coefficient (Wildman–Crippen LogP) is 3.25. The van der Waals surface area contributed by atoms with Gasteiger partial charge in [-0.05, 0) is 19.1 Å². The molecular formula is C25H24ClF2N3O4. The summed E-state index contributed by atoms with van der Waals surface area (Å²) in [5.41, 5.74) is -0.747. The molecule has 0 aliphatic carbocycles. The number of aliphatic hydroxyl groups is 1. The van der Waals surface area contributed by atoms with Gasteiger partial charge in [0.2, 0.25) is 11.8 Å². The molecule has 0 bridgehead atoms. The Morgan fingerprint density at radius 2 is 1.94 bits per heavy atom. The maximum absolute atomic E-state index is 14.9. The van der Waals surface area contributed by atoms with Gasteiger partial charge in [0, 0.05) is 41.2 Å². The standard InChI is InChI=1S/C25H24ClF2N3O4/c1-25(28)9-20(24(35)29-10-15-5-4-7-18(26)23(15)27)31(14-25)22(34)12-30-11-17(21(33)13-32)16-6-2-3-8-19(16)30/h2-8,11,20,32H,9-10,12-14H2,1H3,(H,29,35)/t20-,25+/m0/s1. The number of alkyl halides is 1. The summed E-state index contributed by atoms with van der Waals surface area (Å²) in [6.45, 7) is -0.0370. The van der Waals surface area contributed by atoms with Gasteiger partial charge in [0.1, 0.15) is 30.7 Å². The molecule has 3 aromatic rings. The molecule has 2 atom stereocenters. The molecule has 2 N–H and O–H groups in total. The topological polar surface area (TPSA) is 91.6 Å². The Balaban J connectivity index is 1.54. The fourth-order valence-electron chi connectivity index (χ4n) is 4.45. The number of aromatic nitrogens is 1.